The molecule has 0 unspecified atom stereocenters. The number of benzene rings is 2. The van der Waals surface area contributed by atoms with E-state index < -0.39 is 0 Å². The zero-order valence-electron chi connectivity index (χ0n) is 17.9. The molecular formula is C23H25N3O5. The minimum absolute atomic E-state index is 0.266. The van der Waals surface area contributed by atoms with Gasteiger partial charge in [-0.3, -0.25) is 4.79 Å². The fraction of sp³-hybridized carbons (Fsp3) is 0.261. The number of hydrogen-bond donors (Lipinski definition) is 2. The van der Waals surface area contributed by atoms with Crippen molar-refractivity contribution < 1.29 is 23.7 Å². The Balaban J connectivity index is 1.64. The first-order valence-electron chi connectivity index (χ1n) is 9.80. The second kappa shape index (κ2) is 8.61. The topological polar surface area (TPSA) is 86.7 Å². The highest BCUT2D eigenvalue weighted by atomic mass is 16.5. The maximum absolute atomic E-state index is 12.9. The first kappa shape index (κ1) is 20.6. The van der Waals surface area contributed by atoms with Crippen LogP contribution in [0.2, 0.25) is 0 Å². The number of methoxy groups -OCH3 is 4. The summed E-state index contributed by atoms with van der Waals surface area (Å²) in [6.07, 6.45) is 2.01. The van der Waals surface area contributed by atoms with Gasteiger partial charge in [-0.15, -0.1) is 0 Å². The van der Waals surface area contributed by atoms with Crippen LogP contribution in [-0.4, -0.2) is 50.5 Å². The van der Waals surface area contributed by atoms with Crippen LogP contribution in [0.5, 0.6) is 17.2 Å². The fourth-order valence-corrected chi connectivity index (χ4v) is 3.72. The van der Waals surface area contributed by atoms with E-state index in [4.69, 9.17) is 18.9 Å². The van der Waals surface area contributed by atoms with Crippen molar-refractivity contribution in [1.82, 2.24) is 9.55 Å². The predicted molar refractivity (Wildman–Crippen MR) is 120 cm³/mol. The van der Waals surface area contributed by atoms with Gasteiger partial charge in [-0.1, -0.05) is 0 Å². The molecule has 2 aromatic heterocycles. The van der Waals surface area contributed by atoms with Crippen molar-refractivity contribution in [2.24, 2.45) is 0 Å². The van der Waals surface area contributed by atoms with Crippen LogP contribution >= 0.6 is 0 Å². The summed E-state index contributed by atoms with van der Waals surface area (Å²) < 4.78 is 23.6. The molecule has 2 aromatic carbocycles. The maximum Gasteiger partial charge on any atom is 0.272 e. The van der Waals surface area contributed by atoms with E-state index in [2.05, 4.69) is 14.9 Å². The number of anilines is 1. The van der Waals surface area contributed by atoms with Crippen molar-refractivity contribution in [3.8, 4) is 17.2 Å². The number of carbonyl (C=O) groups is 1. The van der Waals surface area contributed by atoms with Crippen LogP contribution in [0.25, 0.3) is 21.8 Å². The van der Waals surface area contributed by atoms with Gasteiger partial charge in [0.1, 0.15) is 11.4 Å². The summed E-state index contributed by atoms with van der Waals surface area (Å²) in [6, 6.07) is 11.3. The highest BCUT2D eigenvalue weighted by molar-refractivity contribution is 6.08. The van der Waals surface area contributed by atoms with Gasteiger partial charge in [-0.05, 0) is 30.3 Å². The second-order valence-corrected chi connectivity index (χ2v) is 7.02. The van der Waals surface area contributed by atoms with Crippen molar-refractivity contribution in [2.45, 2.75) is 6.54 Å². The van der Waals surface area contributed by atoms with E-state index in [0.29, 0.717) is 40.8 Å². The predicted octanol–water partition coefficient (Wildman–Crippen LogP) is 4.05. The summed E-state index contributed by atoms with van der Waals surface area (Å²) >= 11 is 0. The van der Waals surface area contributed by atoms with E-state index in [0.717, 1.165) is 22.8 Å². The molecule has 0 saturated carbocycles. The van der Waals surface area contributed by atoms with Crippen molar-refractivity contribution in [2.75, 3.05) is 40.4 Å². The van der Waals surface area contributed by atoms with Gasteiger partial charge >= 0.3 is 0 Å². The van der Waals surface area contributed by atoms with Crippen LogP contribution in [0.3, 0.4) is 0 Å². The quantitative estimate of drug-likeness (QED) is 0.447. The van der Waals surface area contributed by atoms with Crippen LogP contribution in [0.4, 0.5) is 5.69 Å². The molecule has 0 atom stereocenters. The molecule has 0 aliphatic heterocycles. The molecular weight excluding hydrogens is 398 g/mol. The molecule has 0 fully saturated rings. The largest absolute Gasteiger partial charge is 0.496 e. The summed E-state index contributed by atoms with van der Waals surface area (Å²) in [5, 5.41) is 4.72. The summed E-state index contributed by atoms with van der Waals surface area (Å²) in [5.74, 6) is 1.35. The second-order valence-electron chi connectivity index (χ2n) is 7.02. The molecule has 0 aliphatic rings. The number of H-pyrrole nitrogens is 1. The Morgan fingerprint density at radius 2 is 1.81 bits per heavy atom. The molecule has 4 rings (SSSR count). The fourth-order valence-electron chi connectivity index (χ4n) is 3.72. The Bertz CT molecular complexity index is 1240. The highest BCUT2D eigenvalue weighted by Crippen LogP contribution is 2.41. The molecule has 1 amide bonds. The molecule has 0 aliphatic carbocycles. The van der Waals surface area contributed by atoms with E-state index in [9.17, 15) is 4.79 Å². The first-order valence-corrected chi connectivity index (χ1v) is 9.80. The zero-order valence-corrected chi connectivity index (χ0v) is 17.9. The van der Waals surface area contributed by atoms with Crippen molar-refractivity contribution in [3.63, 3.8) is 0 Å². The minimum atomic E-state index is -0.266. The molecule has 8 heteroatoms. The smallest absolute Gasteiger partial charge is 0.272 e. The number of aromatic amines is 1. The standard InChI is InChI=1S/C23H25N3O5/c1-28-10-9-26-8-7-14-11-15(5-6-18(14)26)24-23(27)17-12-16-19(29-2)13-20(30-3)22(31-4)21(16)25-17/h5-8,11-13,25H,9-10H2,1-4H3,(H,24,27). The number of hydrogen-bond acceptors (Lipinski definition) is 5. The molecule has 0 radical (unpaired) electrons. The number of fused-ring (bicyclic) bond motifs is 2. The molecule has 31 heavy (non-hydrogen) atoms. The number of carbonyl (C=O) groups excluding carboxylic acids is 1. The monoisotopic (exact) mass is 423 g/mol. The Morgan fingerprint density at radius 3 is 2.52 bits per heavy atom. The SMILES string of the molecule is COCCn1ccc2cc(NC(=O)c3cc4c(OC)cc(OC)c(OC)c4[nH]3)ccc21. The van der Waals surface area contributed by atoms with Gasteiger partial charge in [0.25, 0.3) is 5.91 Å². The van der Waals surface area contributed by atoms with Gasteiger partial charge in [0.2, 0.25) is 0 Å². The first-order chi connectivity index (χ1) is 15.1. The van der Waals surface area contributed by atoms with Crippen LogP contribution in [-0.2, 0) is 11.3 Å². The van der Waals surface area contributed by atoms with E-state index in [1.165, 1.54) is 0 Å². The molecule has 0 bridgehead atoms. The Morgan fingerprint density at radius 1 is 1.00 bits per heavy atom. The molecule has 2 N–H and O–H groups in total. The van der Waals surface area contributed by atoms with Crippen LogP contribution < -0.4 is 19.5 Å². The Hall–Kier alpha value is -3.65. The van der Waals surface area contributed by atoms with Crippen LogP contribution in [0.15, 0.2) is 42.6 Å². The van der Waals surface area contributed by atoms with E-state index in [-0.39, 0.29) is 5.91 Å². The van der Waals surface area contributed by atoms with Crippen molar-refractivity contribution in [3.05, 3.63) is 48.3 Å². The third-order valence-corrected chi connectivity index (χ3v) is 5.25. The van der Waals surface area contributed by atoms with E-state index in [1.807, 2.05) is 30.5 Å². The van der Waals surface area contributed by atoms with Gasteiger partial charge < -0.3 is 33.8 Å². The summed E-state index contributed by atoms with van der Waals surface area (Å²) in [6.45, 7) is 1.41. The Labute approximate surface area is 179 Å². The average molecular weight is 423 g/mol. The van der Waals surface area contributed by atoms with Crippen molar-refractivity contribution in [1.29, 1.82) is 0 Å². The lowest BCUT2D eigenvalue weighted by Gasteiger charge is -2.11. The lowest BCUT2D eigenvalue weighted by Crippen LogP contribution is -2.12. The third-order valence-electron chi connectivity index (χ3n) is 5.25. The van der Waals surface area contributed by atoms with Gasteiger partial charge in [0.15, 0.2) is 11.5 Å². The number of amides is 1. The molecule has 4 aromatic rings. The molecule has 2 heterocycles. The Kier molecular flexibility index (Phi) is 5.73. The minimum Gasteiger partial charge on any atom is -0.496 e. The van der Waals surface area contributed by atoms with Crippen LogP contribution in [0.1, 0.15) is 10.5 Å². The summed E-state index contributed by atoms with van der Waals surface area (Å²) in [7, 11) is 6.36. The number of ether oxygens (including phenoxy) is 4. The van der Waals surface area contributed by atoms with Gasteiger partial charge in [0, 0.05) is 47.9 Å². The number of rotatable bonds is 8. The molecule has 0 spiro atoms. The zero-order chi connectivity index (χ0) is 22.0. The molecule has 8 nitrogen and oxygen atoms in total. The molecule has 162 valence electrons. The third kappa shape index (κ3) is 3.77. The number of nitrogens with zero attached hydrogens (tertiary/aromatic N) is 1. The maximum atomic E-state index is 12.9. The van der Waals surface area contributed by atoms with Gasteiger partial charge in [-0.25, -0.2) is 0 Å². The lowest BCUT2D eigenvalue weighted by molar-refractivity contribution is 0.102. The van der Waals surface area contributed by atoms with Crippen molar-refractivity contribution >= 4 is 33.4 Å². The highest BCUT2D eigenvalue weighted by Gasteiger charge is 2.19. The normalized spacial score (nSPS) is 11.1. The number of aromatic nitrogens is 2. The summed E-state index contributed by atoms with van der Waals surface area (Å²) in [4.78, 5) is 16.1. The van der Waals surface area contributed by atoms with E-state index >= 15 is 0 Å². The van der Waals surface area contributed by atoms with Gasteiger partial charge in [-0.2, -0.15) is 0 Å². The van der Waals surface area contributed by atoms with Gasteiger partial charge in [0.05, 0.1) is 33.5 Å². The lowest BCUT2D eigenvalue weighted by atomic mass is 10.2. The number of nitrogens with one attached hydrogen (secondary N) is 2. The van der Waals surface area contributed by atoms with Crippen LogP contribution in [0, 0.1) is 0 Å². The summed E-state index contributed by atoms with van der Waals surface area (Å²) in [5.41, 5.74) is 2.81. The average Bonchev–Trinajstić information content (AvgIpc) is 3.40. The van der Waals surface area contributed by atoms with E-state index in [1.54, 1.807) is 40.6 Å². The molecule has 0 saturated heterocycles.